The molecule has 0 aromatic carbocycles. The molecule has 2 aromatic heterocycles. The van der Waals surface area contributed by atoms with Crippen LogP contribution in [0.3, 0.4) is 0 Å². The summed E-state index contributed by atoms with van der Waals surface area (Å²) < 4.78 is 5.05. The van der Waals surface area contributed by atoms with Crippen LogP contribution in [0.4, 0.5) is 5.82 Å². The average molecular weight is 265 g/mol. The van der Waals surface area contributed by atoms with Crippen molar-refractivity contribution in [3.8, 4) is 0 Å². The fourth-order valence-corrected chi connectivity index (χ4v) is 2.82. The van der Waals surface area contributed by atoms with Crippen LogP contribution in [0.5, 0.6) is 0 Å². The number of anilines is 1. The molecule has 96 valence electrons. The van der Waals surface area contributed by atoms with Gasteiger partial charge in [0.2, 0.25) is 0 Å². The second-order valence-corrected chi connectivity index (χ2v) is 5.05. The Hall–Kier alpha value is -1.69. The van der Waals surface area contributed by atoms with E-state index in [-0.39, 0.29) is 5.97 Å². The van der Waals surface area contributed by atoms with E-state index >= 15 is 0 Å². The minimum Gasteiger partial charge on any atom is -0.462 e. The normalized spacial score (nSPS) is 10.7. The molecule has 0 aliphatic heterocycles. The summed E-state index contributed by atoms with van der Waals surface area (Å²) in [6, 6.07) is 0. The molecule has 6 heteroatoms. The molecule has 0 unspecified atom stereocenters. The highest BCUT2D eigenvalue weighted by atomic mass is 32.1. The molecule has 2 heterocycles. The van der Waals surface area contributed by atoms with Gasteiger partial charge in [-0.2, -0.15) is 0 Å². The Morgan fingerprint density at radius 3 is 2.78 bits per heavy atom. The van der Waals surface area contributed by atoms with Gasteiger partial charge in [-0.3, -0.25) is 0 Å². The monoisotopic (exact) mass is 265 g/mol. The Morgan fingerprint density at radius 2 is 2.17 bits per heavy atom. The standard InChI is InChI=1S/C12H15N3O2S/c1-5-17-12(16)9-7(2)8-10(15(3)4)13-6-14-11(8)18-9/h6H,5H2,1-4H3. The molecule has 5 nitrogen and oxygen atoms in total. The summed E-state index contributed by atoms with van der Waals surface area (Å²) in [4.78, 5) is 23.7. The van der Waals surface area contributed by atoms with Gasteiger partial charge < -0.3 is 9.64 Å². The number of fused-ring (bicyclic) bond motifs is 1. The van der Waals surface area contributed by atoms with E-state index in [1.54, 1.807) is 6.92 Å². The summed E-state index contributed by atoms with van der Waals surface area (Å²) in [5.74, 6) is 0.534. The van der Waals surface area contributed by atoms with Crippen molar-refractivity contribution < 1.29 is 9.53 Å². The molecule has 2 rings (SSSR count). The van der Waals surface area contributed by atoms with Crippen molar-refractivity contribution >= 4 is 33.3 Å². The molecule has 18 heavy (non-hydrogen) atoms. The zero-order valence-electron chi connectivity index (χ0n) is 10.9. The molecule has 0 saturated heterocycles. The van der Waals surface area contributed by atoms with Crippen LogP contribution in [0.25, 0.3) is 10.2 Å². The molecule has 0 bridgehead atoms. The molecular weight excluding hydrogens is 250 g/mol. The minimum absolute atomic E-state index is 0.289. The first-order valence-electron chi connectivity index (χ1n) is 5.64. The Balaban J connectivity index is 2.63. The second-order valence-electron chi connectivity index (χ2n) is 4.05. The van der Waals surface area contributed by atoms with Gasteiger partial charge >= 0.3 is 5.97 Å². The molecule has 0 aliphatic rings. The highest BCUT2D eigenvalue weighted by Crippen LogP contribution is 2.34. The topological polar surface area (TPSA) is 55.3 Å². The summed E-state index contributed by atoms with van der Waals surface area (Å²) >= 11 is 1.35. The summed E-state index contributed by atoms with van der Waals surface area (Å²) in [5.41, 5.74) is 0.887. The van der Waals surface area contributed by atoms with Gasteiger partial charge in [-0.15, -0.1) is 11.3 Å². The van der Waals surface area contributed by atoms with Crippen LogP contribution in [0.15, 0.2) is 6.33 Å². The van der Waals surface area contributed by atoms with E-state index in [1.165, 1.54) is 17.7 Å². The van der Waals surface area contributed by atoms with Crippen molar-refractivity contribution in [2.75, 3.05) is 25.6 Å². The lowest BCUT2D eigenvalue weighted by molar-refractivity contribution is 0.0531. The lowest BCUT2D eigenvalue weighted by atomic mass is 10.2. The fraction of sp³-hybridized carbons (Fsp3) is 0.417. The number of aryl methyl sites for hydroxylation is 1. The SMILES string of the molecule is CCOC(=O)c1sc2ncnc(N(C)C)c2c1C. The van der Waals surface area contributed by atoms with E-state index in [2.05, 4.69) is 9.97 Å². The molecule has 0 aliphatic carbocycles. The molecule has 0 atom stereocenters. The first kappa shape index (κ1) is 12.8. The molecule has 0 N–H and O–H groups in total. The van der Waals surface area contributed by atoms with Crippen LogP contribution in [0.1, 0.15) is 22.2 Å². The maximum atomic E-state index is 11.8. The van der Waals surface area contributed by atoms with Crippen LogP contribution in [-0.4, -0.2) is 36.6 Å². The number of aromatic nitrogens is 2. The molecule has 0 saturated carbocycles. The maximum Gasteiger partial charge on any atom is 0.348 e. The fourth-order valence-electron chi connectivity index (χ4n) is 1.78. The molecule has 0 radical (unpaired) electrons. The van der Waals surface area contributed by atoms with Gasteiger partial charge in [0.25, 0.3) is 0 Å². The largest absolute Gasteiger partial charge is 0.462 e. The summed E-state index contributed by atoms with van der Waals surface area (Å²) in [7, 11) is 3.84. The number of hydrogen-bond acceptors (Lipinski definition) is 6. The van der Waals surface area contributed by atoms with Gasteiger partial charge in [0, 0.05) is 14.1 Å². The van der Waals surface area contributed by atoms with Gasteiger partial charge in [0.15, 0.2) is 0 Å². The van der Waals surface area contributed by atoms with Gasteiger partial charge in [0.1, 0.15) is 21.9 Å². The zero-order chi connectivity index (χ0) is 13.3. The van der Waals surface area contributed by atoms with E-state index < -0.39 is 0 Å². The number of ether oxygens (including phenoxy) is 1. The molecular formula is C12H15N3O2S. The summed E-state index contributed by atoms with van der Waals surface area (Å²) in [5, 5.41) is 0.926. The Bertz CT molecular complexity index is 592. The van der Waals surface area contributed by atoms with E-state index in [0.717, 1.165) is 21.6 Å². The highest BCUT2D eigenvalue weighted by Gasteiger charge is 2.20. The number of carbonyl (C=O) groups is 1. The van der Waals surface area contributed by atoms with Crippen molar-refractivity contribution in [2.24, 2.45) is 0 Å². The maximum absolute atomic E-state index is 11.8. The van der Waals surface area contributed by atoms with Crippen molar-refractivity contribution in [3.05, 3.63) is 16.8 Å². The van der Waals surface area contributed by atoms with E-state index in [0.29, 0.717) is 11.5 Å². The molecule has 0 amide bonds. The third-order valence-electron chi connectivity index (χ3n) is 2.59. The predicted molar refractivity (Wildman–Crippen MR) is 72.4 cm³/mol. The van der Waals surface area contributed by atoms with E-state index in [9.17, 15) is 4.79 Å². The van der Waals surface area contributed by atoms with Crippen LogP contribution >= 0.6 is 11.3 Å². The predicted octanol–water partition coefficient (Wildman–Crippen LogP) is 2.24. The third-order valence-corrected chi connectivity index (χ3v) is 3.77. The average Bonchev–Trinajstić information content (AvgIpc) is 2.67. The molecule has 0 fully saturated rings. The summed E-state index contributed by atoms with van der Waals surface area (Å²) in [6.07, 6.45) is 1.52. The lowest BCUT2D eigenvalue weighted by Crippen LogP contribution is -2.11. The van der Waals surface area contributed by atoms with Crippen molar-refractivity contribution in [1.82, 2.24) is 9.97 Å². The second kappa shape index (κ2) is 4.89. The number of nitrogens with zero attached hydrogens (tertiary/aromatic N) is 3. The number of carbonyl (C=O) groups excluding carboxylic acids is 1. The van der Waals surface area contributed by atoms with E-state index in [4.69, 9.17) is 4.74 Å². The quantitative estimate of drug-likeness (QED) is 0.797. The van der Waals surface area contributed by atoms with Crippen LogP contribution in [0.2, 0.25) is 0 Å². The first-order chi connectivity index (χ1) is 8.56. The minimum atomic E-state index is -0.289. The van der Waals surface area contributed by atoms with Crippen LogP contribution < -0.4 is 4.90 Å². The first-order valence-corrected chi connectivity index (χ1v) is 6.46. The molecule has 2 aromatic rings. The number of rotatable bonds is 3. The molecule has 0 spiro atoms. The lowest BCUT2D eigenvalue weighted by Gasteiger charge is -2.12. The number of thiophene rings is 1. The Kier molecular flexibility index (Phi) is 3.47. The van der Waals surface area contributed by atoms with Gasteiger partial charge in [-0.1, -0.05) is 0 Å². The van der Waals surface area contributed by atoms with Crippen molar-refractivity contribution in [1.29, 1.82) is 0 Å². The highest BCUT2D eigenvalue weighted by molar-refractivity contribution is 7.20. The van der Waals surface area contributed by atoms with Gasteiger partial charge in [-0.25, -0.2) is 14.8 Å². The smallest absolute Gasteiger partial charge is 0.348 e. The number of esters is 1. The zero-order valence-corrected chi connectivity index (χ0v) is 11.7. The van der Waals surface area contributed by atoms with Crippen LogP contribution in [-0.2, 0) is 4.74 Å². The van der Waals surface area contributed by atoms with E-state index in [1.807, 2.05) is 25.9 Å². The van der Waals surface area contributed by atoms with Crippen molar-refractivity contribution in [2.45, 2.75) is 13.8 Å². The Morgan fingerprint density at radius 1 is 1.44 bits per heavy atom. The van der Waals surface area contributed by atoms with Gasteiger partial charge in [-0.05, 0) is 19.4 Å². The Labute approximate surface area is 109 Å². The van der Waals surface area contributed by atoms with Crippen molar-refractivity contribution in [3.63, 3.8) is 0 Å². The third kappa shape index (κ3) is 2.03. The summed E-state index contributed by atoms with van der Waals surface area (Å²) in [6.45, 7) is 4.08. The number of hydrogen-bond donors (Lipinski definition) is 0. The van der Waals surface area contributed by atoms with Gasteiger partial charge in [0.05, 0.1) is 12.0 Å². The van der Waals surface area contributed by atoms with Crippen LogP contribution in [0, 0.1) is 6.92 Å².